The number of hydrogen-bond acceptors (Lipinski definition) is 2. The highest BCUT2D eigenvalue weighted by molar-refractivity contribution is 5.80. The van der Waals surface area contributed by atoms with Gasteiger partial charge in [-0.05, 0) is 31.0 Å². The summed E-state index contributed by atoms with van der Waals surface area (Å²) in [6.45, 7) is 4.22. The number of nitrogens with zero attached hydrogens (tertiary/aromatic N) is 1. The quantitative estimate of drug-likeness (QED) is 0.727. The van der Waals surface area contributed by atoms with Gasteiger partial charge in [-0.15, -0.1) is 0 Å². The van der Waals surface area contributed by atoms with Gasteiger partial charge in [0.2, 0.25) is 0 Å². The molecule has 0 saturated carbocycles. The number of rotatable bonds is 4. The van der Waals surface area contributed by atoms with Gasteiger partial charge >= 0.3 is 0 Å². The molecule has 0 aliphatic rings. The molecule has 0 atom stereocenters. The molecule has 14 heavy (non-hydrogen) atoms. The van der Waals surface area contributed by atoms with E-state index < -0.39 is 0 Å². The molecule has 0 aromatic heterocycles. The Kier molecular flexibility index (Phi) is 3.69. The minimum absolute atomic E-state index is 0.187. The topological polar surface area (TPSA) is 20.3 Å². The highest BCUT2D eigenvalue weighted by Gasteiger charge is 2.02. The SMILES string of the molecule is CCc1ccc(N(C)CC(C)=O)cc1. The van der Waals surface area contributed by atoms with Crippen LogP contribution < -0.4 is 4.90 Å². The number of ketones is 1. The van der Waals surface area contributed by atoms with Gasteiger partial charge in [-0.1, -0.05) is 19.1 Å². The van der Waals surface area contributed by atoms with Gasteiger partial charge in [0.05, 0.1) is 6.54 Å². The summed E-state index contributed by atoms with van der Waals surface area (Å²) in [6, 6.07) is 8.32. The zero-order valence-electron chi connectivity index (χ0n) is 9.08. The fraction of sp³-hybridized carbons (Fsp3) is 0.417. The van der Waals surface area contributed by atoms with Crippen molar-refractivity contribution >= 4 is 11.5 Å². The zero-order valence-corrected chi connectivity index (χ0v) is 9.08. The minimum atomic E-state index is 0.187. The zero-order chi connectivity index (χ0) is 10.6. The van der Waals surface area contributed by atoms with Gasteiger partial charge < -0.3 is 4.90 Å². The molecule has 0 saturated heterocycles. The molecule has 0 amide bonds. The van der Waals surface area contributed by atoms with Crippen molar-refractivity contribution in [3.63, 3.8) is 0 Å². The summed E-state index contributed by atoms with van der Waals surface area (Å²) in [4.78, 5) is 12.9. The first-order chi connectivity index (χ1) is 6.63. The Morgan fingerprint density at radius 3 is 2.29 bits per heavy atom. The second kappa shape index (κ2) is 4.80. The Hall–Kier alpha value is -1.31. The number of likely N-dealkylation sites (N-methyl/N-ethyl adjacent to an activating group) is 1. The van der Waals surface area contributed by atoms with Gasteiger partial charge in [0.1, 0.15) is 5.78 Å². The van der Waals surface area contributed by atoms with Crippen molar-refractivity contribution in [1.29, 1.82) is 0 Å². The van der Waals surface area contributed by atoms with E-state index in [1.54, 1.807) is 6.92 Å². The van der Waals surface area contributed by atoms with Crippen molar-refractivity contribution in [2.45, 2.75) is 20.3 Å². The van der Waals surface area contributed by atoms with E-state index in [0.29, 0.717) is 6.54 Å². The van der Waals surface area contributed by atoms with Crippen molar-refractivity contribution in [3.05, 3.63) is 29.8 Å². The number of carbonyl (C=O) groups is 1. The van der Waals surface area contributed by atoms with Crippen LogP contribution in [0.2, 0.25) is 0 Å². The van der Waals surface area contributed by atoms with Crippen LogP contribution >= 0.6 is 0 Å². The summed E-state index contributed by atoms with van der Waals surface area (Å²) in [5.74, 6) is 0.187. The molecule has 0 spiro atoms. The molecule has 2 nitrogen and oxygen atoms in total. The van der Waals surface area contributed by atoms with E-state index in [0.717, 1.165) is 12.1 Å². The Bertz CT molecular complexity index is 303. The van der Waals surface area contributed by atoms with Gasteiger partial charge in [0, 0.05) is 12.7 Å². The van der Waals surface area contributed by atoms with Crippen LogP contribution in [0.4, 0.5) is 5.69 Å². The van der Waals surface area contributed by atoms with E-state index in [4.69, 9.17) is 0 Å². The smallest absolute Gasteiger partial charge is 0.149 e. The van der Waals surface area contributed by atoms with Crippen LogP contribution in [-0.2, 0) is 11.2 Å². The first kappa shape index (κ1) is 10.8. The fourth-order valence-corrected chi connectivity index (χ4v) is 1.41. The maximum Gasteiger partial charge on any atom is 0.149 e. The molecule has 0 radical (unpaired) electrons. The summed E-state index contributed by atoms with van der Waals surface area (Å²) < 4.78 is 0. The highest BCUT2D eigenvalue weighted by atomic mass is 16.1. The monoisotopic (exact) mass is 191 g/mol. The second-order valence-corrected chi connectivity index (χ2v) is 3.58. The predicted octanol–water partition coefficient (Wildman–Crippen LogP) is 2.27. The maximum absolute atomic E-state index is 10.9. The maximum atomic E-state index is 10.9. The lowest BCUT2D eigenvalue weighted by Gasteiger charge is -2.17. The van der Waals surface area contributed by atoms with E-state index in [9.17, 15) is 4.79 Å². The summed E-state index contributed by atoms with van der Waals surface area (Å²) in [6.07, 6.45) is 1.05. The second-order valence-electron chi connectivity index (χ2n) is 3.58. The van der Waals surface area contributed by atoms with Gasteiger partial charge in [-0.2, -0.15) is 0 Å². The number of benzene rings is 1. The standard InChI is InChI=1S/C12H17NO/c1-4-11-5-7-12(8-6-11)13(3)9-10(2)14/h5-8H,4,9H2,1-3H3. The minimum Gasteiger partial charge on any atom is -0.367 e. The predicted molar refractivity (Wildman–Crippen MR) is 59.8 cm³/mol. The first-order valence-corrected chi connectivity index (χ1v) is 4.93. The molecule has 0 N–H and O–H groups in total. The Morgan fingerprint density at radius 1 is 1.29 bits per heavy atom. The van der Waals surface area contributed by atoms with Crippen LogP contribution in [0.3, 0.4) is 0 Å². The largest absolute Gasteiger partial charge is 0.367 e. The molecule has 0 unspecified atom stereocenters. The van der Waals surface area contributed by atoms with Crippen molar-refractivity contribution < 1.29 is 4.79 Å². The summed E-state index contributed by atoms with van der Waals surface area (Å²) >= 11 is 0. The Morgan fingerprint density at radius 2 is 1.86 bits per heavy atom. The molecule has 1 aromatic carbocycles. The van der Waals surface area contributed by atoms with Gasteiger partial charge in [-0.3, -0.25) is 4.79 Å². The van der Waals surface area contributed by atoms with E-state index in [-0.39, 0.29) is 5.78 Å². The highest BCUT2D eigenvalue weighted by Crippen LogP contribution is 2.13. The molecule has 0 heterocycles. The summed E-state index contributed by atoms with van der Waals surface area (Å²) in [5, 5.41) is 0. The lowest BCUT2D eigenvalue weighted by Crippen LogP contribution is -2.23. The van der Waals surface area contributed by atoms with E-state index in [2.05, 4.69) is 31.2 Å². The third-order valence-electron chi connectivity index (χ3n) is 2.25. The van der Waals surface area contributed by atoms with E-state index in [1.807, 2.05) is 11.9 Å². The molecule has 0 aliphatic heterocycles. The van der Waals surface area contributed by atoms with Gasteiger partial charge in [0.15, 0.2) is 0 Å². The molecule has 1 aromatic rings. The molecule has 0 bridgehead atoms. The van der Waals surface area contributed by atoms with Crippen LogP contribution in [-0.4, -0.2) is 19.4 Å². The van der Waals surface area contributed by atoms with Crippen LogP contribution in [0.5, 0.6) is 0 Å². The Balaban J connectivity index is 2.71. The normalized spacial score (nSPS) is 9.93. The van der Waals surface area contributed by atoms with Crippen LogP contribution in [0, 0.1) is 0 Å². The third-order valence-corrected chi connectivity index (χ3v) is 2.25. The van der Waals surface area contributed by atoms with Gasteiger partial charge in [0.25, 0.3) is 0 Å². The number of anilines is 1. The van der Waals surface area contributed by atoms with Gasteiger partial charge in [-0.25, -0.2) is 0 Å². The molecule has 1 rings (SSSR count). The molecule has 2 heteroatoms. The summed E-state index contributed by atoms with van der Waals surface area (Å²) in [5.41, 5.74) is 2.42. The number of carbonyl (C=O) groups excluding carboxylic acids is 1. The molecule has 0 fully saturated rings. The third kappa shape index (κ3) is 2.87. The van der Waals surface area contributed by atoms with Crippen molar-refractivity contribution in [3.8, 4) is 0 Å². The molecular weight excluding hydrogens is 174 g/mol. The number of hydrogen-bond donors (Lipinski definition) is 0. The lowest BCUT2D eigenvalue weighted by molar-refractivity contribution is -0.115. The van der Waals surface area contributed by atoms with Crippen molar-refractivity contribution in [1.82, 2.24) is 0 Å². The first-order valence-electron chi connectivity index (χ1n) is 4.93. The average molecular weight is 191 g/mol. The van der Waals surface area contributed by atoms with Crippen molar-refractivity contribution in [2.24, 2.45) is 0 Å². The summed E-state index contributed by atoms with van der Waals surface area (Å²) in [7, 11) is 1.93. The molecular formula is C12H17NO. The van der Waals surface area contributed by atoms with E-state index >= 15 is 0 Å². The van der Waals surface area contributed by atoms with Crippen LogP contribution in [0.25, 0.3) is 0 Å². The molecule has 76 valence electrons. The Labute approximate surface area is 85.5 Å². The number of aryl methyl sites for hydroxylation is 1. The van der Waals surface area contributed by atoms with Crippen LogP contribution in [0.15, 0.2) is 24.3 Å². The fourth-order valence-electron chi connectivity index (χ4n) is 1.41. The average Bonchev–Trinajstić information content (AvgIpc) is 2.17. The molecule has 0 aliphatic carbocycles. The lowest BCUT2D eigenvalue weighted by atomic mass is 10.1. The van der Waals surface area contributed by atoms with Crippen molar-refractivity contribution in [2.75, 3.05) is 18.5 Å². The number of Topliss-reactive ketones (excluding diaryl/α,β-unsaturated/α-hetero) is 1. The van der Waals surface area contributed by atoms with E-state index in [1.165, 1.54) is 5.56 Å². The van der Waals surface area contributed by atoms with Crippen LogP contribution in [0.1, 0.15) is 19.4 Å².